The molecule has 10 heteroatoms. The molecule has 1 atom stereocenters. The third kappa shape index (κ3) is 5.58. The number of aliphatic hydroxyl groups is 1. The van der Waals surface area contributed by atoms with E-state index in [1.54, 1.807) is 49.4 Å². The summed E-state index contributed by atoms with van der Waals surface area (Å²) in [6.07, 6.45) is 1.69. The Morgan fingerprint density at radius 2 is 1.70 bits per heavy atom. The monoisotopic (exact) mass is 564 g/mol. The largest absolute Gasteiger partial charge is 0.507 e. The van der Waals surface area contributed by atoms with Crippen LogP contribution in [-0.4, -0.2) is 48.1 Å². The van der Waals surface area contributed by atoms with Gasteiger partial charge in [0.2, 0.25) is 0 Å². The van der Waals surface area contributed by atoms with Crippen LogP contribution in [0.2, 0.25) is 0 Å². The fourth-order valence-corrected chi connectivity index (χ4v) is 5.42. The minimum absolute atomic E-state index is 0.0821. The zero-order valence-corrected chi connectivity index (χ0v) is 24.0. The van der Waals surface area contributed by atoms with E-state index in [0.717, 1.165) is 29.7 Å². The Bertz CT molecular complexity index is 1460. The van der Waals surface area contributed by atoms with E-state index in [4.69, 9.17) is 14.2 Å². The number of thiazole rings is 1. The summed E-state index contributed by atoms with van der Waals surface area (Å²) in [5.74, 6) is -1.31. The molecule has 0 unspecified atom stereocenters. The SMILES string of the molecule is CCCOc1ccc([C@@H]2C(=C(O)c3ccc(OCCC)c(C)c3)C(=O)C(=O)N2c2nc(C)c(C(=O)OC)s2)cc1. The average molecular weight is 565 g/mol. The van der Waals surface area contributed by atoms with Crippen molar-refractivity contribution >= 4 is 39.9 Å². The van der Waals surface area contributed by atoms with Crippen LogP contribution >= 0.6 is 11.3 Å². The number of aliphatic hydroxyl groups excluding tert-OH is 1. The summed E-state index contributed by atoms with van der Waals surface area (Å²) in [6.45, 7) is 8.59. The predicted molar refractivity (Wildman–Crippen MR) is 152 cm³/mol. The molecule has 1 saturated heterocycles. The zero-order chi connectivity index (χ0) is 29.0. The summed E-state index contributed by atoms with van der Waals surface area (Å²) in [5, 5.41) is 11.6. The van der Waals surface area contributed by atoms with Crippen molar-refractivity contribution in [1.82, 2.24) is 4.98 Å². The molecule has 0 saturated carbocycles. The summed E-state index contributed by atoms with van der Waals surface area (Å²) in [4.78, 5) is 45.1. The molecule has 40 heavy (non-hydrogen) atoms. The van der Waals surface area contributed by atoms with Crippen molar-refractivity contribution in [1.29, 1.82) is 0 Å². The highest BCUT2D eigenvalue weighted by Gasteiger charge is 2.48. The van der Waals surface area contributed by atoms with E-state index in [1.165, 1.54) is 12.0 Å². The summed E-state index contributed by atoms with van der Waals surface area (Å²) < 4.78 is 16.3. The molecule has 210 valence electrons. The van der Waals surface area contributed by atoms with Crippen molar-refractivity contribution in [3.8, 4) is 11.5 Å². The van der Waals surface area contributed by atoms with Crippen LogP contribution in [0.1, 0.15) is 64.8 Å². The topological polar surface area (TPSA) is 115 Å². The Hall–Kier alpha value is -4.18. The Labute approximate surface area is 237 Å². The second kappa shape index (κ2) is 12.3. The highest BCUT2D eigenvalue weighted by molar-refractivity contribution is 7.17. The number of nitrogens with zero attached hydrogens (tertiary/aromatic N) is 2. The van der Waals surface area contributed by atoms with Crippen molar-refractivity contribution in [2.75, 3.05) is 25.2 Å². The number of anilines is 1. The minimum atomic E-state index is -0.993. The Balaban J connectivity index is 1.86. The molecule has 0 bridgehead atoms. The number of rotatable bonds is 10. The number of hydrogen-bond acceptors (Lipinski definition) is 9. The van der Waals surface area contributed by atoms with Gasteiger partial charge in [-0.15, -0.1) is 0 Å². The highest BCUT2D eigenvalue weighted by Crippen LogP contribution is 2.44. The molecule has 1 aliphatic heterocycles. The number of aryl methyl sites for hydroxylation is 2. The molecular weight excluding hydrogens is 532 g/mol. The molecular formula is C30H32N2O7S. The van der Waals surface area contributed by atoms with Gasteiger partial charge in [-0.2, -0.15) is 0 Å². The number of ketones is 1. The molecule has 1 N–H and O–H groups in total. The normalized spacial score (nSPS) is 16.3. The maximum Gasteiger partial charge on any atom is 0.350 e. The van der Waals surface area contributed by atoms with Gasteiger partial charge < -0.3 is 19.3 Å². The molecule has 1 fully saturated rings. The van der Waals surface area contributed by atoms with E-state index in [1.807, 2.05) is 20.8 Å². The number of Topliss-reactive ketones (excluding diaryl/α,β-unsaturated/α-hetero) is 1. The van der Waals surface area contributed by atoms with E-state index >= 15 is 0 Å². The number of esters is 1. The van der Waals surface area contributed by atoms with Crippen LogP contribution in [-0.2, 0) is 14.3 Å². The summed E-state index contributed by atoms with van der Waals surface area (Å²) in [5.41, 5.74) is 2.00. The van der Waals surface area contributed by atoms with Gasteiger partial charge in [0.1, 0.15) is 22.1 Å². The third-order valence-corrected chi connectivity index (χ3v) is 7.52. The second-order valence-electron chi connectivity index (χ2n) is 9.32. The predicted octanol–water partition coefficient (Wildman–Crippen LogP) is 5.75. The van der Waals surface area contributed by atoms with Gasteiger partial charge in [-0.3, -0.25) is 14.5 Å². The molecule has 1 aromatic heterocycles. The highest BCUT2D eigenvalue weighted by atomic mass is 32.1. The lowest BCUT2D eigenvalue weighted by Gasteiger charge is -2.23. The first-order valence-corrected chi connectivity index (χ1v) is 13.9. The van der Waals surface area contributed by atoms with Crippen LogP contribution < -0.4 is 14.4 Å². The summed E-state index contributed by atoms with van der Waals surface area (Å²) >= 11 is 0.951. The number of hydrogen-bond donors (Lipinski definition) is 1. The van der Waals surface area contributed by atoms with Gasteiger partial charge in [-0.05, 0) is 68.1 Å². The molecule has 0 radical (unpaired) electrons. The van der Waals surface area contributed by atoms with E-state index in [0.29, 0.717) is 41.5 Å². The van der Waals surface area contributed by atoms with Crippen LogP contribution in [0.15, 0.2) is 48.0 Å². The van der Waals surface area contributed by atoms with E-state index in [9.17, 15) is 19.5 Å². The van der Waals surface area contributed by atoms with Crippen molar-refractivity contribution in [2.45, 2.75) is 46.6 Å². The lowest BCUT2D eigenvalue weighted by atomic mass is 9.95. The number of amides is 1. The van der Waals surface area contributed by atoms with E-state index in [-0.39, 0.29) is 21.3 Å². The van der Waals surface area contributed by atoms with Crippen LogP contribution in [0.3, 0.4) is 0 Å². The van der Waals surface area contributed by atoms with E-state index in [2.05, 4.69) is 4.98 Å². The molecule has 0 spiro atoms. The molecule has 2 heterocycles. The van der Waals surface area contributed by atoms with Gasteiger partial charge in [0.05, 0.1) is 37.6 Å². The molecule has 9 nitrogen and oxygen atoms in total. The van der Waals surface area contributed by atoms with Gasteiger partial charge in [0.15, 0.2) is 5.13 Å². The van der Waals surface area contributed by atoms with Crippen LogP contribution in [0.4, 0.5) is 5.13 Å². The number of aromatic nitrogens is 1. The van der Waals surface area contributed by atoms with Gasteiger partial charge in [0, 0.05) is 5.56 Å². The van der Waals surface area contributed by atoms with Crippen LogP contribution in [0, 0.1) is 13.8 Å². The van der Waals surface area contributed by atoms with Gasteiger partial charge in [-0.25, -0.2) is 9.78 Å². The molecule has 4 rings (SSSR count). The first-order chi connectivity index (χ1) is 19.2. The van der Waals surface area contributed by atoms with Gasteiger partial charge >= 0.3 is 11.9 Å². The van der Waals surface area contributed by atoms with Crippen molar-refractivity contribution in [3.63, 3.8) is 0 Å². The van der Waals surface area contributed by atoms with E-state index < -0.39 is 23.7 Å². The number of methoxy groups -OCH3 is 1. The number of carbonyl (C=O) groups excluding carboxylic acids is 3. The Morgan fingerprint density at radius 1 is 1.02 bits per heavy atom. The van der Waals surface area contributed by atoms with Gasteiger partial charge in [-0.1, -0.05) is 37.3 Å². The van der Waals surface area contributed by atoms with Crippen molar-refractivity contribution in [3.05, 3.63) is 75.3 Å². The fraction of sp³-hybridized carbons (Fsp3) is 0.333. The number of carbonyl (C=O) groups is 3. The smallest absolute Gasteiger partial charge is 0.350 e. The maximum atomic E-state index is 13.5. The second-order valence-corrected chi connectivity index (χ2v) is 10.3. The molecule has 1 aliphatic rings. The molecule has 0 aliphatic carbocycles. The Kier molecular flexibility index (Phi) is 8.89. The first-order valence-electron chi connectivity index (χ1n) is 13.0. The Morgan fingerprint density at radius 3 is 2.33 bits per heavy atom. The average Bonchev–Trinajstić information content (AvgIpc) is 3.46. The number of benzene rings is 2. The molecule has 2 aromatic carbocycles. The molecule has 3 aromatic rings. The quantitative estimate of drug-likeness (QED) is 0.143. The standard InChI is InChI=1S/C30H32N2O7S/c1-6-14-38-21-11-8-19(9-12-21)24-23(25(33)20-10-13-22(17(3)16-20)39-15-7-2)26(34)28(35)32(24)30-31-18(4)27(40-30)29(36)37-5/h8-13,16,24,33H,6-7,14-15H2,1-5H3/t24-/m1/s1. The minimum Gasteiger partial charge on any atom is -0.507 e. The van der Waals surface area contributed by atoms with Crippen molar-refractivity contribution < 1.29 is 33.7 Å². The lowest BCUT2D eigenvalue weighted by molar-refractivity contribution is -0.132. The van der Waals surface area contributed by atoms with Gasteiger partial charge in [0.25, 0.3) is 5.78 Å². The third-order valence-electron chi connectivity index (χ3n) is 6.39. The van der Waals surface area contributed by atoms with Crippen molar-refractivity contribution in [2.24, 2.45) is 0 Å². The molecule has 1 amide bonds. The zero-order valence-electron chi connectivity index (χ0n) is 23.1. The number of ether oxygens (including phenoxy) is 3. The summed E-state index contributed by atoms with van der Waals surface area (Å²) in [7, 11) is 1.26. The lowest BCUT2D eigenvalue weighted by Crippen LogP contribution is -2.29. The first kappa shape index (κ1) is 28.8. The maximum absolute atomic E-state index is 13.5. The van der Waals surface area contributed by atoms with Crippen LogP contribution in [0.25, 0.3) is 5.76 Å². The van der Waals surface area contributed by atoms with Crippen LogP contribution in [0.5, 0.6) is 11.5 Å². The summed E-state index contributed by atoms with van der Waals surface area (Å²) in [6, 6.07) is 11.1. The fourth-order valence-electron chi connectivity index (χ4n) is 4.40.